The van der Waals surface area contributed by atoms with E-state index in [9.17, 15) is 5.11 Å². The van der Waals surface area contributed by atoms with Gasteiger partial charge in [0, 0.05) is 5.39 Å². The minimum absolute atomic E-state index is 0.474. The first kappa shape index (κ1) is 13.9. The standard InChI is InChI=1S/C18H24O/c1-14(2)8-4-3-5-10-16-13-12-15-9-6-7-11-17(15)18(16)19/h6-7,9,11-14,19H,3-5,8,10H2,1-2H3. The number of aryl methyl sites for hydroxylation is 1. The van der Waals surface area contributed by atoms with E-state index >= 15 is 0 Å². The molecule has 0 amide bonds. The van der Waals surface area contributed by atoms with E-state index in [0.29, 0.717) is 5.75 Å². The molecular formula is C18H24O. The van der Waals surface area contributed by atoms with Gasteiger partial charge in [-0.25, -0.2) is 0 Å². The van der Waals surface area contributed by atoms with Crippen molar-refractivity contribution in [2.45, 2.75) is 46.0 Å². The topological polar surface area (TPSA) is 20.2 Å². The highest BCUT2D eigenvalue weighted by atomic mass is 16.3. The summed E-state index contributed by atoms with van der Waals surface area (Å²) < 4.78 is 0. The molecule has 2 rings (SSSR count). The number of benzene rings is 2. The van der Waals surface area contributed by atoms with Crippen molar-refractivity contribution in [3.8, 4) is 5.75 Å². The molecule has 102 valence electrons. The summed E-state index contributed by atoms with van der Waals surface area (Å²) in [4.78, 5) is 0. The molecule has 0 aliphatic heterocycles. The largest absolute Gasteiger partial charge is 0.507 e. The van der Waals surface area contributed by atoms with Crippen LogP contribution in [0.2, 0.25) is 0 Å². The van der Waals surface area contributed by atoms with Crippen LogP contribution in [-0.2, 0) is 6.42 Å². The fourth-order valence-corrected chi connectivity index (χ4v) is 2.55. The Bertz CT molecular complexity index is 528. The average Bonchev–Trinajstić information content (AvgIpc) is 2.41. The maximum absolute atomic E-state index is 10.3. The molecule has 0 fully saturated rings. The van der Waals surface area contributed by atoms with Crippen LogP contribution in [0.1, 0.15) is 45.1 Å². The maximum atomic E-state index is 10.3. The number of phenolic OH excluding ortho intramolecular Hbond substituents is 1. The lowest BCUT2D eigenvalue weighted by Crippen LogP contribution is -1.90. The zero-order valence-corrected chi connectivity index (χ0v) is 12.0. The van der Waals surface area contributed by atoms with E-state index in [-0.39, 0.29) is 0 Å². The Hall–Kier alpha value is -1.50. The number of phenols is 1. The van der Waals surface area contributed by atoms with E-state index in [1.54, 1.807) is 0 Å². The summed E-state index contributed by atoms with van der Waals surface area (Å²) in [6, 6.07) is 12.2. The van der Waals surface area contributed by atoms with E-state index in [2.05, 4.69) is 26.0 Å². The first-order valence-corrected chi connectivity index (χ1v) is 7.38. The summed E-state index contributed by atoms with van der Waals surface area (Å²) in [6.07, 6.45) is 6.01. The maximum Gasteiger partial charge on any atom is 0.126 e. The molecule has 1 nitrogen and oxygen atoms in total. The minimum atomic E-state index is 0.474. The van der Waals surface area contributed by atoms with Crippen molar-refractivity contribution in [1.82, 2.24) is 0 Å². The van der Waals surface area contributed by atoms with E-state index in [1.807, 2.05) is 24.3 Å². The second kappa shape index (κ2) is 6.60. The second-order valence-corrected chi connectivity index (χ2v) is 5.79. The Morgan fingerprint density at radius 3 is 2.53 bits per heavy atom. The Kier molecular flexibility index (Phi) is 4.84. The summed E-state index contributed by atoms with van der Waals surface area (Å²) in [7, 11) is 0. The monoisotopic (exact) mass is 256 g/mol. The fraction of sp³-hybridized carbons (Fsp3) is 0.444. The van der Waals surface area contributed by atoms with Gasteiger partial charge in [-0.15, -0.1) is 0 Å². The third-order valence-corrected chi connectivity index (χ3v) is 3.71. The van der Waals surface area contributed by atoms with Crippen molar-refractivity contribution in [2.24, 2.45) is 5.92 Å². The first-order valence-electron chi connectivity index (χ1n) is 7.38. The molecule has 0 atom stereocenters. The Balaban J connectivity index is 1.96. The first-order chi connectivity index (χ1) is 9.18. The Morgan fingerprint density at radius 1 is 0.947 bits per heavy atom. The number of hydrogen-bond donors (Lipinski definition) is 1. The molecule has 0 spiro atoms. The molecule has 1 N–H and O–H groups in total. The van der Waals surface area contributed by atoms with Crippen molar-refractivity contribution < 1.29 is 5.11 Å². The van der Waals surface area contributed by atoms with Gasteiger partial charge in [-0.1, -0.05) is 69.5 Å². The van der Waals surface area contributed by atoms with Gasteiger partial charge in [-0.2, -0.15) is 0 Å². The molecule has 2 aromatic carbocycles. The molecule has 19 heavy (non-hydrogen) atoms. The van der Waals surface area contributed by atoms with Gasteiger partial charge in [0.25, 0.3) is 0 Å². The number of unbranched alkanes of at least 4 members (excludes halogenated alkanes) is 2. The predicted molar refractivity (Wildman–Crippen MR) is 82.6 cm³/mol. The average molecular weight is 256 g/mol. The molecule has 0 heterocycles. The molecule has 0 bridgehead atoms. The molecule has 0 aliphatic carbocycles. The van der Waals surface area contributed by atoms with Crippen molar-refractivity contribution in [1.29, 1.82) is 0 Å². The summed E-state index contributed by atoms with van der Waals surface area (Å²) in [5.74, 6) is 1.27. The third-order valence-electron chi connectivity index (χ3n) is 3.71. The molecule has 0 saturated carbocycles. The number of hydrogen-bond acceptors (Lipinski definition) is 1. The van der Waals surface area contributed by atoms with E-state index in [0.717, 1.165) is 28.7 Å². The van der Waals surface area contributed by atoms with Crippen LogP contribution in [0.25, 0.3) is 10.8 Å². The number of aromatic hydroxyl groups is 1. The van der Waals surface area contributed by atoms with Crippen molar-refractivity contribution in [3.05, 3.63) is 42.0 Å². The van der Waals surface area contributed by atoms with Crippen LogP contribution in [0, 0.1) is 5.92 Å². The Morgan fingerprint density at radius 2 is 1.74 bits per heavy atom. The lowest BCUT2D eigenvalue weighted by molar-refractivity contribution is 0.471. The van der Waals surface area contributed by atoms with E-state index < -0.39 is 0 Å². The van der Waals surface area contributed by atoms with Gasteiger partial charge in [0.1, 0.15) is 5.75 Å². The molecule has 0 aliphatic rings. The molecule has 0 radical (unpaired) electrons. The van der Waals surface area contributed by atoms with Crippen molar-refractivity contribution in [2.75, 3.05) is 0 Å². The van der Waals surface area contributed by atoms with Crippen LogP contribution in [0.5, 0.6) is 5.75 Å². The molecule has 0 unspecified atom stereocenters. The van der Waals surface area contributed by atoms with Gasteiger partial charge >= 0.3 is 0 Å². The van der Waals surface area contributed by atoms with Gasteiger partial charge in [-0.3, -0.25) is 0 Å². The molecular weight excluding hydrogens is 232 g/mol. The highest BCUT2D eigenvalue weighted by Crippen LogP contribution is 2.29. The van der Waals surface area contributed by atoms with E-state index in [1.165, 1.54) is 25.7 Å². The highest BCUT2D eigenvalue weighted by Gasteiger charge is 2.05. The van der Waals surface area contributed by atoms with Gasteiger partial charge in [0.05, 0.1) is 0 Å². The summed E-state index contributed by atoms with van der Waals surface area (Å²) in [5.41, 5.74) is 1.09. The quantitative estimate of drug-likeness (QED) is 0.695. The number of rotatable bonds is 6. The fourth-order valence-electron chi connectivity index (χ4n) is 2.55. The third kappa shape index (κ3) is 3.73. The van der Waals surface area contributed by atoms with Crippen LogP contribution in [0.4, 0.5) is 0 Å². The molecule has 0 aromatic heterocycles. The molecule has 2 aromatic rings. The van der Waals surface area contributed by atoms with E-state index in [4.69, 9.17) is 0 Å². The zero-order valence-electron chi connectivity index (χ0n) is 12.0. The summed E-state index contributed by atoms with van der Waals surface area (Å²) in [6.45, 7) is 4.55. The smallest absolute Gasteiger partial charge is 0.126 e. The van der Waals surface area contributed by atoms with Gasteiger partial charge in [0.15, 0.2) is 0 Å². The van der Waals surface area contributed by atoms with Crippen LogP contribution in [-0.4, -0.2) is 5.11 Å². The zero-order chi connectivity index (χ0) is 13.7. The normalized spacial score (nSPS) is 11.3. The Labute approximate surface area is 116 Å². The molecule has 1 heteroatoms. The van der Waals surface area contributed by atoms with Crippen LogP contribution in [0.15, 0.2) is 36.4 Å². The van der Waals surface area contributed by atoms with Gasteiger partial charge in [0.2, 0.25) is 0 Å². The van der Waals surface area contributed by atoms with Crippen LogP contribution in [0.3, 0.4) is 0 Å². The lowest BCUT2D eigenvalue weighted by Gasteiger charge is -2.08. The van der Waals surface area contributed by atoms with Gasteiger partial charge in [-0.05, 0) is 29.7 Å². The second-order valence-electron chi connectivity index (χ2n) is 5.79. The van der Waals surface area contributed by atoms with Crippen LogP contribution >= 0.6 is 0 Å². The predicted octanol–water partition coefficient (Wildman–Crippen LogP) is 5.30. The van der Waals surface area contributed by atoms with Crippen molar-refractivity contribution in [3.63, 3.8) is 0 Å². The lowest BCUT2D eigenvalue weighted by atomic mass is 9.99. The van der Waals surface area contributed by atoms with Gasteiger partial charge < -0.3 is 5.11 Å². The van der Waals surface area contributed by atoms with Crippen LogP contribution < -0.4 is 0 Å². The summed E-state index contributed by atoms with van der Waals surface area (Å²) >= 11 is 0. The SMILES string of the molecule is CC(C)CCCCCc1ccc2ccccc2c1O. The van der Waals surface area contributed by atoms with Crippen molar-refractivity contribution >= 4 is 10.8 Å². The highest BCUT2D eigenvalue weighted by molar-refractivity contribution is 5.89. The number of fused-ring (bicyclic) bond motifs is 1. The minimum Gasteiger partial charge on any atom is -0.507 e. The summed E-state index contributed by atoms with van der Waals surface area (Å²) in [5, 5.41) is 12.4. The molecule has 0 saturated heterocycles.